The Morgan fingerprint density at radius 3 is 2.95 bits per heavy atom. The highest BCUT2D eigenvalue weighted by Gasteiger charge is 2.26. The molecule has 0 spiro atoms. The highest BCUT2D eigenvalue weighted by atomic mass is 79.9. The molecule has 3 unspecified atom stereocenters. The molecule has 3 nitrogen and oxygen atoms in total. The van der Waals surface area contributed by atoms with Crippen LogP contribution in [0.1, 0.15) is 44.2 Å². The minimum atomic E-state index is 0.0307. The number of benzene rings is 1. The van der Waals surface area contributed by atoms with Crippen molar-refractivity contribution in [3.8, 4) is 0 Å². The Morgan fingerprint density at radius 2 is 2.26 bits per heavy atom. The highest BCUT2D eigenvalue weighted by molar-refractivity contribution is 9.10. The van der Waals surface area contributed by atoms with E-state index in [0.29, 0.717) is 0 Å². The van der Waals surface area contributed by atoms with Gasteiger partial charge in [-0.2, -0.15) is 0 Å². The number of hydrogen-bond acceptors (Lipinski definition) is 2. The molecule has 3 atom stereocenters. The number of nitrogens with one attached hydrogen (secondary N) is 1. The SMILES string of the molecule is CC(NC(=O)C1CCCC(N)C1)c1cccc(Br)c1. The van der Waals surface area contributed by atoms with Crippen molar-refractivity contribution in [1.29, 1.82) is 0 Å². The summed E-state index contributed by atoms with van der Waals surface area (Å²) in [6, 6.07) is 8.25. The number of nitrogens with two attached hydrogens (primary N) is 1. The minimum absolute atomic E-state index is 0.0307. The van der Waals surface area contributed by atoms with Crippen LogP contribution in [-0.2, 0) is 4.79 Å². The zero-order chi connectivity index (χ0) is 13.8. The average molecular weight is 325 g/mol. The zero-order valence-corrected chi connectivity index (χ0v) is 12.8. The molecule has 0 saturated heterocycles. The molecule has 0 radical (unpaired) electrons. The van der Waals surface area contributed by atoms with Gasteiger partial charge in [-0.3, -0.25) is 4.79 Å². The van der Waals surface area contributed by atoms with E-state index in [4.69, 9.17) is 5.73 Å². The molecule has 0 heterocycles. The Bertz CT molecular complexity index is 450. The Kier molecular flexibility index (Phi) is 4.99. The summed E-state index contributed by atoms with van der Waals surface area (Å²) in [4.78, 5) is 12.2. The first-order valence-corrected chi connectivity index (χ1v) is 7.67. The molecule has 1 amide bonds. The van der Waals surface area contributed by atoms with Crippen LogP contribution in [-0.4, -0.2) is 11.9 Å². The van der Waals surface area contributed by atoms with Crippen molar-refractivity contribution in [2.75, 3.05) is 0 Å². The molecule has 0 bridgehead atoms. The van der Waals surface area contributed by atoms with E-state index in [2.05, 4.69) is 21.2 Å². The van der Waals surface area contributed by atoms with Crippen molar-refractivity contribution >= 4 is 21.8 Å². The van der Waals surface area contributed by atoms with E-state index in [1.807, 2.05) is 31.2 Å². The van der Waals surface area contributed by atoms with Crippen LogP contribution in [0.2, 0.25) is 0 Å². The third-order valence-electron chi connectivity index (χ3n) is 3.79. The molecular formula is C15H21BrN2O. The fraction of sp³-hybridized carbons (Fsp3) is 0.533. The maximum Gasteiger partial charge on any atom is 0.223 e. The normalized spacial score (nSPS) is 24.8. The molecule has 4 heteroatoms. The first-order chi connectivity index (χ1) is 9.06. The average Bonchev–Trinajstić information content (AvgIpc) is 2.38. The summed E-state index contributed by atoms with van der Waals surface area (Å²) in [5.41, 5.74) is 7.05. The summed E-state index contributed by atoms with van der Waals surface area (Å²) in [6.45, 7) is 2.02. The van der Waals surface area contributed by atoms with Crippen LogP contribution in [0.4, 0.5) is 0 Å². The topological polar surface area (TPSA) is 55.1 Å². The molecule has 3 N–H and O–H groups in total. The molecule has 1 saturated carbocycles. The van der Waals surface area contributed by atoms with Gasteiger partial charge in [-0.15, -0.1) is 0 Å². The molecule has 0 aliphatic heterocycles. The Balaban J connectivity index is 1.94. The van der Waals surface area contributed by atoms with Gasteiger partial charge in [0.15, 0.2) is 0 Å². The number of hydrogen-bond donors (Lipinski definition) is 2. The smallest absolute Gasteiger partial charge is 0.223 e. The van der Waals surface area contributed by atoms with Gasteiger partial charge in [-0.05, 0) is 43.9 Å². The van der Waals surface area contributed by atoms with Crippen LogP contribution in [0.25, 0.3) is 0 Å². The third kappa shape index (κ3) is 4.05. The summed E-state index contributed by atoms with van der Waals surface area (Å²) < 4.78 is 1.03. The van der Waals surface area contributed by atoms with Crippen molar-refractivity contribution in [3.63, 3.8) is 0 Å². The van der Waals surface area contributed by atoms with E-state index in [1.165, 1.54) is 0 Å². The van der Waals surface area contributed by atoms with Crippen LogP contribution in [0, 0.1) is 5.92 Å². The van der Waals surface area contributed by atoms with Crippen LogP contribution in [0.5, 0.6) is 0 Å². The molecule has 1 aromatic rings. The lowest BCUT2D eigenvalue weighted by Crippen LogP contribution is -2.38. The van der Waals surface area contributed by atoms with Crippen molar-refractivity contribution < 1.29 is 4.79 Å². The van der Waals surface area contributed by atoms with Crippen LogP contribution < -0.4 is 11.1 Å². The molecule has 1 aromatic carbocycles. The Labute approximate surface area is 123 Å². The van der Waals surface area contributed by atoms with Gasteiger partial charge in [0.25, 0.3) is 0 Å². The van der Waals surface area contributed by atoms with Crippen molar-refractivity contribution in [1.82, 2.24) is 5.32 Å². The fourth-order valence-corrected chi connectivity index (χ4v) is 3.07. The van der Waals surface area contributed by atoms with Gasteiger partial charge in [-0.25, -0.2) is 0 Å². The van der Waals surface area contributed by atoms with Gasteiger partial charge in [0.05, 0.1) is 6.04 Å². The second-order valence-corrected chi connectivity index (χ2v) is 6.32. The lowest BCUT2D eigenvalue weighted by molar-refractivity contribution is -0.126. The summed E-state index contributed by atoms with van der Waals surface area (Å²) in [7, 11) is 0. The van der Waals surface area contributed by atoms with Crippen molar-refractivity contribution in [2.45, 2.75) is 44.7 Å². The molecule has 1 aliphatic rings. The van der Waals surface area contributed by atoms with Gasteiger partial charge in [-0.1, -0.05) is 34.5 Å². The van der Waals surface area contributed by atoms with E-state index in [9.17, 15) is 4.79 Å². The number of carbonyl (C=O) groups is 1. The van der Waals surface area contributed by atoms with Gasteiger partial charge in [0.1, 0.15) is 0 Å². The predicted molar refractivity (Wildman–Crippen MR) is 80.6 cm³/mol. The summed E-state index contributed by atoms with van der Waals surface area (Å²) in [5, 5.41) is 3.10. The van der Waals surface area contributed by atoms with Gasteiger partial charge in [0, 0.05) is 16.4 Å². The van der Waals surface area contributed by atoms with Crippen LogP contribution >= 0.6 is 15.9 Å². The fourth-order valence-electron chi connectivity index (χ4n) is 2.66. The molecular weight excluding hydrogens is 304 g/mol. The molecule has 0 aromatic heterocycles. The summed E-state index contributed by atoms with van der Waals surface area (Å²) in [5.74, 6) is 0.223. The third-order valence-corrected chi connectivity index (χ3v) is 4.29. The first-order valence-electron chi connectivity index (χ1n) is 6.87. The number of carbonyl (C=O) groups excluding carboxylic acids is 1. The number of rotatable bonds is 3. The van der Waals surface area contributed by atoms with E-state index < -0.39 is 0 Å². The van der Waals surface area contributed by atoms with Gasteiger partial charge < -0.3 is 11.1 Å². The monoisotopic (exact) mass is 324 g/mol. The molecule has 1 aliphatic carbocycles. The van der Waals surface area contributed by atoms with Gasteiger partial charge >= 0.3 is 0 Å². The maximum absolute atomic E-state index is 12.2. The van der Waals surface area contributed by atoms with Crippen molar-refractivity contribution in [2.24, 2.45) is 11.7 Å². The first kappa shape index (κ1) is 14.5. The van der Waals surface area contributed by atoms with Crippen LogP contribution in [0.3, 0.4) is 0 Å². The summed E-state index contributed by atoms with van der Waals surface area (Å²) in [6.07, 6.45) is 3.89. The second kappa shape index (κ2) is 6.53. The molecule has 2 rings (SSSR count). The standard InChI is InChI=1S/C15H21BrN2O/c1-10(11-4-2-6-13(16)8-11)18-15(19)12-5-3-7-14(17)9-12/h2,4,6,8,10,12,14H,3,5,7,9,17H2,1H3,(H,18,19). The molecule has 104 valence electrons. The van der Waals surface area contributed by atoms with E-state index >= 15 is 0 Å². The second-order valence-electron chi connectivity index (χ2n) is 5.41. The zero-order valence-electron chi connectivity index (χ0n) is 11.2. The molecule has 19 heavy (non-hydrogen) atoms. The van der Waals surface area contributed by atoms with Crippen molar-refractivity contribution in [3.05, 3.63) is 34.3 Å². The number of amides is 1. The lowest BCUT2D eigenvalue weighted by atomic mass is 9.85. The van der Waals surface area contributed by atoms with Gasteiger partial charge in [0.2, 0.25) is 5.91 Å². The quantitative estimate of drug-likeness (QED) is 0.897. The summed E-state index contributed by atoms with van der Waals surface area (Å²) >= 11 is 3.45. The minimum Gasteiger partial charge on any atom is -0.349 e. The van der Waals surface area contributed by atoms with E-state index in [-0.39, 0.29) is 23.9 Å². The maximum atomic E-state index is 12.2. The van der Waals surface area contributed by atoms with Crippen LogP contribution in [0.15, 0.2) is 28.7 Å². The largest absolute Gasteiger partial charge is 0.349 e. The highest BCUT2D eigenvalue weighted by Crippen LogP contribution is 2.24. The van der Waals surface area contributed by atoms with E-state index in [0.717, 1.165) is 35.7 Å². The lowest BCUT2D eigenvalue weighted by Gasteiger charge is -2.27. The number of halogens is 1. The van der Waals surface area contributed by atoms with E-state index in [1.54, 1.807) is 0 Å². The Hall–Kier alpha value is -0.870. The predicted octanol–water partition coefficient (Wildman–Crippen LogP) is 3.14. The Morgan fingerprint density at radius 1 is 1.47 bits per heavy atom. The molecule has 1 fully saturated rings.